The standard InChI is InChI=1S/C11H21NO2/c1-12-6-2-4-11(5-7-12)9-10(13)3-8-14-11/h10,13H,2-9H2,1H3. The summed E-state index contributed by atoms with van der Waals surface area (Å²) in [4.78, 5) is 2.36. The molecule has 1 spiro atoms. The monoisotopic (exact) mass is 199 g/mol. The van der Waals surface area contributed by atoms with Crippen LogP contribution in [0.15, 0.2) is 0 Å². The first kappa shape index (κ1) is 10.4. The van der Waals surface area contributed by atoms with Crippen LogP contribution in [-0.4, -0.2) is 48.5 Å². The van der Waals surface area contributed by atoms with Gasteiger partial charge in [0.05, 0.1) is 11.7 Å². The van der Waals surface area contributed by atoms with E-state index < -0.39 is 0 Å². The van der Waals surface area contributed by atoms with Gasteiger partial charge in [0.15, 0.2) is 0 Å². The summed E-state index contributed by atoms with van der Waals surface area (Å²) >= 11 is 0. The summed E-state index contributed by atoms with van der Waals surface area (Å²) in [6.07, 6.45) is 4.93. The predicted octanol–water partition coefficient (Wildman–Crippen LogP) is 1.01. The molecule has 2 aliphatic rings. The zero-order valence-corrected chi connectivity index (χ0v) is 9.04. The molecule has 3 heteroatoms. The first-order valence-corrected chi connectivity index (χ1v) is 5.71. The zero-order chi connectivity index (χ0) is 10.0. The van der Waals surface area contributed by atoms with Crippen LogP contribution in [0.1, 0.15) is 32.1 Å². The maximum atomic E-state index is 9.69. The summed E-state index contributed by atoms with van der Waals surface area (Å²) in [6, 6.07) is 0. The molecule has 82 valence electrons. The minimum Gasteiger partial charge on any atom is -0.393 e. The summed E-state index contributed by atoms with van der Waals surface area (Å²) in [5, 5.41) is 9.69. The molecule has 2 heterocycles. The second-order valence-corrected chi connectivity index (χ2v) is 4.83. The molecule has 2 unspecified atom stereocenters. The van der Waals surface area contributed by atoms with E-state index in [0.717, 1.165) is 38.8 Å². The molecule has 0 amide bonds. The summed E-state index contributed by atoms with van der Waals surface area (Å²) in [5.74, 6) is 0. The Morgan fingerprint density at radius 2 is 2.21 bits per heavy atom. The molecule has 0 aromatic carbocycles. The Balaban J connectivity index is 1.99. The molecule has 3 nitrogen and oxygen atoms in total. The third kappa shape index (κ3) is 2.27. The Hall–Kier alpha value is -0.120. The van der Waals surface area contributed by atoms with Gasteiger partial charge in [0.1, 0.15) is 0 Å². The molecule has 0 aliphatic carbocycles. The summed E-state index contributed by atoms with van der Waals surface area (Å²) in [7, 11) is 2.16. The highest BCUT2D eigenvalue weighted by Crippen LogP contribution is 2.34. The first-order valence-electron chi connectivity index (χ1n) is 5.71. The van der Waals surface area contributed by atoms with Crippen molar-refractivity contribution in [2.24, 2.45) is 0 Å². The molecule has 1 N–H and O–H groups in total. The molecule has 2 rings (SSSR count). The lowest BCUT2D eigenvalue weighted by atomic mass is 9.85. The van der Waals surface area contributed by atoms with Gasteiger partial charge in [-0.15, -0.1) is 0 Å². The molecular weight excluding hydrogens is 178 g/mol. The second kappa shape index (κ2) is 4.17. The van der Waals surface area contributed by atoms with Crippen LogP contribution in [0, 0.1) is 0 Å². The van der Waals surface area contributed by atoms with E-state index in [4.69, 9.17) is 4.74 Å². The second-order valence-electron chi connectivity index (χ2n) is 4.83. The van der Waals surface area contributed by atoms with Crippen molar-refractivity contribution in [2.45, 2.75) is 43.8 Å². The van der Waals surface area contributed by atoms with Crippen molar-refractivity contribution in [3.05, 3.63) is 0 Å². The average molecular weight is 199 g/mol. The number of hydrogen-bond donors (Lipinski definition) is 1. The highest BCUT2D eigenvalue weighted by Gasteiger charge is 2.37. The van der Waals surface area contributed by atoms with Gasteiger partial charge in [-0.2, -0.15) is 0 Å². The lowest BCUT2D eigenvalue weighted by Gasteiger charge is -2.39. The quantitative estimate of drug-likeness (QED) is 0.632. The van der Waals surface area contributed by atoms with Gasteiger partial charge in [0.25, 0.3) is 0 Å². The normalized spacial score (nSPS) is 41.1. The van der Waals surface area contributed by atoms with E-state index in [2.05, 4.69) is 11.9 Å². The largest absolute Gasteiger partial charge is 0.393 e. The zero-order valence-electron chi connectivity index (χ0n) is 9.04. The number of hydrogen-bond acceptors (Lipinski definition) is 3. The fourth-order valence-corrected chi connectivity index (χ4v) is 2.65. The van der Waals surface area contributed by atoms with E-state index in [1.165, 1.54) is 13.0 Å². The highest BCUT2D eigenvalue weighted by molar-refractivity contribution is 4.89. The Labute approximate surface area is 86.0 Å². The molecule has 0 radical (unpaired) electrons. The van der Waals surface area contributed by atoms with Crippen LogP contribution in [0.5, 0.6) is 0 Å². The fourth-order valence-electron chi connectivity index (χ4n) is 2.65. The number of likely N-dealkylation sites (tertiary alicyclic amines) is 1. The maximum Gasteiger partial charge on any atom is 0.0719 e. The number of rotatable bonds is 0. The third-order valence-electron chi connectivity index (χ3n) is 3.59. The SMILES string of the molecule is CN1CCCC2(CC1)CC(O)CCO2. The molecule has 2 saturated heterocycles. The van der Waals surface area contributed by atoms with Gasteiger partial charge < -0.3 is 14.7 Å². The molecule has 14 heavy (non-hydrogen) atoms. The lowest BCUT2D eigenvalue weighted by Crippen LogP contribution is -2.42. The van der Waals surface area contributed by atoms with Gasteiger partial charge in [-0.1, -0.05) is 0 Å². The summed E-state index contributed by atoms with van der Waals surface area (Å²) in [6.45, 7) is 3.01. The fraction of sp³-hybridized carbons (Fsp3) is 1.00. The third-order valence-corrected chi connectivity index (χ3v) is 3.59. The molecule has 0 saturated carbocycles. The molecule has 2 atom stereocenters. The summed E-state index contributed by atoms with van der Waals surface area (Å²) in [5.41, 5.74) is 0.00241. The molecule has 0 aromatic rings. The van der Waals surface area contributed by atoms with Crippen molar-refractivity contribution >= 4 is 0 Å². The van der Waals surface area contributed by atoms with E-state index in [-0.39, 0.29) is 11.7 Å². The minimum absolute atomic E-state index is 0.00241. The van der Waals surface area contributed by atoms with Gasteiger partial charge in [-0.05, 0) is 39.3 Å². The highest BCUT2D eigenvalue weighted by atomic mass is 16.5. The molecule has 0 bridgehead atoms. The number of ether oxygens (including phenoxy) is 1. The molecule has 2 fully saturated rings. The topological polar surface area (TPSA) is 32.7 Å². The van der Waals surface area contributed by atoms with Crippen molar-refractivity contribution in [3.63, 3.8) is 0 Å². The minimum atomic E-state index is -0.132. The summed E-state index contributed by atoms with van der Waals surface area (Å²) < 4.78 is 5.92. The number of aliphatic hydroxyl groups excluding tert-OH is 1. The number of nitrogens with zero attached hydrogens (tertiary/aromatic N) is 1. The van der Waals surface area contributed by atoms with Gasteiger partial charge >= 0.3 is 0 Å². The first-order chi connectivity index (χ1) is 6.70. The van der Waals surface area contributed by atoms with Gasteiger partial charge in [-0.3, -0.25) is 0 Å². The van der Waals surface area contributed by atoms with Crippen LogP contribution >= 0.6 is 0 Å². The average Bonchev–Trinajstić information content (AvgIpc) is 2.30. The van der Waals surface area contributed by atoms with Crippen molar-refractivity contribution in [1.82, 2.24) is 4.90 Å². The van der Waals surface area contributed by atoms with E-state index in [1.54, 1.807) is 0 Å². The van der Waals surface area contributed by atoms with Crippen LogP contribution < -0.4 is 0 Å². The Morgan fingerprint density at radius 1 is 1.36 bits per heavy atom. The van der Waals surface area contributed by atoms with Crippen LogP contribution in [0.25, 0.3) is 0 Å². The van der Waals surface area contributed by atoms with Crippen LogP contribution in [-0.2, 0) is 4.74 Å². The van der Waals surface area contributed by atoms with E-state index in [0.29, 0.717) is 0 Å². The van der Waals surface area contributed by atoms with Crippen molar-refractivity contribution in [1.29, 1.82) is 0 Å². The van der Waals surface area contributed by atoms with E-state index >= 15 is 0 Å². The van der Waals surface area contributed by atoms with Crippen LogP contribution in [0.2, 0.25) is 0 Å². The van der Waals surface area contributed by atoms with Crippen molar-refractivity contribution in [3.8, 4) is 0 Å². The van der Waals surface area contributed by atoms with Crippen molar-refractivity contribution < 1.29 is 9.84 Å². The van der Waals surface area contributed by atoms with Gasteiger partial charge in [0.2, 0.25) is 0 Å². The number of aliphatic hydroxyl groups is 1. The Morgan fingerprint density at radius 3 is 3.00 bits per heavy atom. The molecule has 0 aromatic heterocycles. The van der Waals surface area contributed by atoms with Crippen LogP contribution in [0.3, 0.4) is 0 Å². The Kier molecular flexibility index (Phi) is 3.10. The Bertz CT molecular complexity index is 198. The van der Waals surface area contributed by atoms with E-state index in [9.17, 15) is 5.11 Å². The van der Waals surface area contributed by atoms with Crippen molar-refractivity contribution in [2.75, 3.05) is 26.7 Å². The molecular formula is C11H21NO2. The smallest absolute Gasteiger partial charge is 0.0719 e. The lowest BCUT2D eigenvalue weighted by molar-refractivity contribution is -0.124. The van der Waals surface area contributed by atoms with E-state index in [1.807, 2.05) is 0 Å². The maximum absolute atomic E-state index is 9.69. The van der Waals surface area contributed by atoms with Crippen LogP contribution in [0.4, 0.5) is 0 Å². The van der Waals surface area contributed by atoms with Gasteiger partial charge in [0, 0.05) is 19.6 Å². The molecule has 2 aliphatic heterocycles. The predicted molar refractivity (Wildman–Crippen MR) is 55.3 cm³/mol. The van der Waals surface area contributed by atoms with Gasteiger partial charge in [-0.25, -0.2) is 0 Å².